The lowest BCUT2D eigenvalue weighted by atomic mass is 9.94. The van der Waals surface area contributed by atoms with Crippen molar-refractivity contribution in [3.8, 4) is 45.1 Å². The van der Waals surface area contributed by atoms with Gasteiger partial charge in [0.25, 0.3) is 0 Å². The van der Waals surface area contributed by atoms with Crippen molar-refractivity contribution < 1.29 is 8.83 Å². The molecular formula is C49H28N2O2. The van der Waals surface area contributed by atoms with E-state index >= 15 is 0 Å². The van der Waals surface area contributed by atoms with E-state index in [9.17, 15) is 5.26 Å². The quantitative estimate of drug-likeness (QED) is 0.186. The van der Waals surface area contributed by atoms with E-state index in [4.69, 9.17) is 8.83 Å². The third kappa shape index (κ3) is 4.35. The fraction of sp³-hybridized carbons (Fsp3) is 0. The highest BCUT2D eigenvalue weighted by atomic mass is 16.3. The number of hydrogen-bond acceptors (Lipinski definition) is 3. The molecule has 0 saturated heterocycles. The van der Waals surface area contributed by atoms with Crippen LogP contribution in [-0.4, -0.2) is 4.57 Å². The molecule has 0 spiro atoms. The maximum Gasteiger partial charge on any atom is 0.159 e. The number of benzene rings is 8. The molecule has 53 heavy (non-hydrogen) atoms. The molecule has 11 rings (SSSR count). The van der Waals surface area contributed by atoms with Gasteiger partial charge in [-0.25, -0.2) is 0 Å². The second-order valence-electron chi connectivity index (χ2n) is 13.5. The highest BCUT2D eigenvalue weighted by Crippen LogP contribution is 2.45. The zero-order valence-corrected chi connectivity index (χ0v) is 28.4. The number of furan rings is 2. The standard InChI is InChI=1S/C49H28N2O2/c50-29-34-21-24-36(35-16-10-20-45-46(35)37-15-7-8-19-44(37)52-45)47-38-17-9-18-43(49(38)53-48(34)47)51-41-25-22-32(30-11-3-1-4-12-30)27-39(41)40-28-33(23-26-42(40)51)31-13-5-2-6-14-31/h1-28H. The van der Waals surface area contributed by atoms with Crippen LogP contribution in [0.4, 0.5) is 0 Å². The molecule has 0 aliphatic heterocycles. The summed E-state index contributed by atoms with van der Waals surface area (Å²) in [6, 6.07) is 61.5. The van der Waals surface area contributed by atoms with Crippen LogP contribution in [0.15, 0.2) is 179 Å². The average molecular weight is 677 g/mol. The van der Waals surface area contributed by atoms with Crippen molar-refractivity contribution in [2.24, 2.45) is 0 Å². The lowest BCUT2D eigenvalue weighted by molar-refractivity contribution is 0.665. The van der Waals surface area contributed by atoms with Gasteiger partial charge in [0, 0.05) is 32.3 Å². The van der Waals surface area contributed by atoms with Crippen LogP contribution in [0.3, 0.4) is 0 Å². The first-order valence-corrected chi connectivity index (χ1v) is 17.7. The molecule has 11 aromatic rings. The monoisotopic (exact) mass is 676 g/mol. The van der Waals surface area contributed by atoms with Crippen molar-refractivity contribution in [2.75, 3.05) is 0 Å². The van der Waals surface area contributed by atoms with Gasteiger partial charge in [-0.15, -0.1) is 0 Å². The molecule has 0 bridgehead atoms. The summed E-state index contributed by atoms with van der Waals surface area (Å²) in [7, 11) is 0. The topological polar surface area (TPSA) is 55.0 Å². The van der Waals surface area contributed by atoms with Gasteiger partial charge >= 0.3 is 0 Å². The Kier molecular flexibility index (Phi) is 6.28. The molecular weight excluding hydrogens is 649 g/mol. The number of fused-ring (bicyclic) bond motifs is 9. The van der Waals surface area contributed by atoms with E-state index in [1.165, 1.54) is 11.1 Å². The number of hydrogen-bond donors (Lipinski definition) is 0. The summed E-state index contributed by atoms with van der Waals surface area (Å²) in [4.78, 5) is 0. The molecule has 0 N–H and O–H groups in total. The Morgan fingerprint density at radius 1 is 0.415 bits per heavy atom. The summed E-state index contributed by atoms with van der Waals surface area (Å²) in [5.74, 6) is 0. The van der Waals surface area contributed by atoms with Gasteiger partial charge in [-0.1, -0.05) is 121 Å². The predicted octanol–water partition coefficient (Wildman–Crippen LogP) is 13.5. The van der Waals surface area contributed by atoms with E-state index in [2.05, 4.69) is 144 Å². The zero-order chi connectivity index (χ0) is 35.0. The van der Waals surface area contributed by atoms with Crippen molar-refractivity contribution in [1.82, 2.24) is 4.57 Å². The highest BCUT2D eigenvalue weighted by Gasteiger charge is 2.23. The Morgan fingerprint density at radius 2 is 1.02 bits per heavy atom. The van der Waals surface area contributed by atoms with Crippen molar-refractivity contribution >= 4 is 65.7 Å². The van der Waals surface area contributed by atoms with Gasteiger partial charge < -0.3 is 13.4 Å². The molecule has 0 unspecified atom stereocenters. The molecule has 3 heterocycles. The number of aromatic nitrogens is 1. The molecule has 4 nitrogen and oxygen atoms in total. The molecule has 0 saturated carbocycles. The van der Waals surface area contributed by atoms with Gasteiger partial charge in [-0.3, -0.25) is 0 Å². The molecule has 0 fully saturated rings. The zero-order valence-electron chi connectivity index (χ0n) is 28.4. The van der Waals surface area contributed by atoms with E-state index in [1.807, 2.05) is 36.4 Å². The van der Waals surface area contributed by atoms with Gasteiger partial charge in [0.2, 0.25) is 0 Å². The van der Waals surface area contributed by atoms with E-state index in [-0.39, 0.29) is 0 Å². The third-order valence-electron chi connectivity index (χ3n) is 10.7. The minimum absolute atomic E-state index is 0.498. The maximum atomic E-state index is 10.3. The van der Waals surface area contributed by atoms with Crippen molar-refractivity contribution in [3.05, 3.63) is 175 Å². The van der Waals surface area contributed by atoms with Crippen LogP contribution in [0, 0.1) is 11.3 Å². The minimum Gasteiger partial charge on any atom is -0.456 e. The molecule has 4 heteroatoms. The van der Waals surface area contributed by atoms with E-state index in [1.54, 1.807) is 0 Å². The predicted molar refractivity (Wildman–Crippen MR) is 216 cm³/mol. The van der Waals surface area contributed by atoms with Crippen LogP contribution < -0.4 is 0 Å². The number of nitriles is 1. The largest absolute Gasteiger partial charge is 0.456 e. The van der Waals surface area contributed by atoms with Crippen molar-refractivity contribution in [1.29, 1.82) is 5.26 Å². The van der Waals surface area contributed by atoms with E-state index in [0.717, 1.165) is 88.0 Å². The highest BCUT2D eigenvalue weighted by molar-refractivity contribution is 6.21. The molecule has 0 aliphatic carbocycles. The van der Waals surface area contributed by atoms with Crippen LogP contribution >= 0.6 is 0 Å². The molecule has 246 valence electrons. The summed E-state index contributed by atoms with van der Waals surface area (Å²) in [5, 5.41) is 16.6. The average Bonchev–Trinajstić information content (AvgIpc) is 3.91. The molecule has 0 atom stereocenters. The molecule has 8 aromatic carbocycles. The first-order chi connectivity index (χ1) is 26.2. The molecule has 0 amide bonds. The Balaban J connectivity index is 1.22. The maximum absolute atomic E-state index is 10.3. The Morgan fingerprint density at radius 3 is 1.72 bits per heavy atom. The van der Waals surface area contributed by atoms with Gasteiger partial charge in [-0.2, -0.15) is 5.26 Å². The fourth-order valence-corrected chi connectivity index (χ4v) is 8.28. The summed E-state index contributed by atoms with van der Waals surface area (Å²) >= 11 is 0. The molecule has 0 aliphatic rings. The second kappa shape index (κ2) is 11.3. The Hall–Kier alpha value is -7.35. The molecule has 0 radical (unpaired) electrons. The van der Waals surface area contributed by atoms with Crippen LogP contribution in [0.25, 0.3) is 105 Å². The van der Waals surface area contributed by atoms with Crippen LogP contribution in [0.5, 0.6) is 0 Å². The van der Waals surface area contributed by atoms with Gasteiger partial charge in [0.1, 0.15) is 17.2 Å². The van der Waals surface area contributed by atoms with Gasteiger partial charge in [-0.05, 0) is 81.9 Å². The fourth-order valence-electron chi connectivity index (χ4n) is 8.28. The van der Waals surface area contributed by atoms with Crippen LogP contribution in [-0.2, 0) is 0 Å². The minimum atomic E-state index is 0.498. The Bertz CT molecular complexity index is 3190. The normalized spacial score (nSPS) is 11.8. The number of rotatable bonds is 4. The first kappa shape index (κ1) is 29.4. The number of nitrogens with zero attached hydrogens (tertiary/aromatic N) is 2. The molecule has 3 aromatic heterocycles. The summed E-state index contributed by atoms with van der Waals surface area (Å²) in [6.45, 7) is 0. The van der Waals surface area contributed by atoms with Gasteiger partial charge in [0.15, 0.2) is 11.2 Å². The lowest BCUT2D eigenvalue weighted by Gasteiger charge is -2.10. The van der Waals surface area contributed by atoms with Crippen molar-refractivity contribution in [3.63, 3.8) is 0 Å². The lowest BCUT2D eigenvalue weighted by Crippen LogP contribution is -1.94. The summed E-state index contributed by atoms with van der Waals surface area (Å²) in [5.41, 5.74) is 13.2. The summed E-state index contributed by atoms with van der Waals surface area (Å²) < 4.78 is 15.5. The van der Waals surface area contributed by atoms with Crippen molar-refractivity contribution in [2.45, 2.75) is 0 Å². The van der Waals surface area contributed by atoms with E-state index < -0.39 is 0 Å². The first-order valence-electron chi connectivity index (χ1n) is 17.7. The van der Waals surface area contributed by atoms with Gasteiger partial charge in [0.05, 0.1) is 22.3 Å². The number of para-hydroxylation sites is 2. The summed E-state index contributed by atoms with van der Waals surface area (Å²) in [6.07, 6.45) is 0. The SMILES string of the molecule is N#Cc1ccc(-c2cccc3oc4ccccc4c23)c2c1oc1c(-n3c4ccc(-c5ccccc5)cc4c4cc(-c5ccccc5)ccc43)cccc12. The van der Waals surface area contributed by atoms with Crippen LogP contribution in [0.2, 0.25) is 0 Å². The van der Waals surface area contributed by atoms with Crippen LogP contribution in [0.1, 0.15) is 5.56 Å². The van der Waals surface area contributed by atoms with E-state index in [0.29, 0.717) is 11.1 Å². The smallest absolute Gasteiger partial charge is 0.159 e. The Labute approximate surface area is 304 Å². The third-order valence-corrected chi connectivity index (χ3v) is 10.7. The second-order valence-corrected chi connectivity index (χ2v) is 13.5.